The number of thiol groups is 1. The van der Waals surface area contributed by atoms with Gasteiger partial charge in [-0.2, -0.15) is 12.6 Å². The van der Waals surface area contributed by atoms with Crippen LogP contribution >= 0.6 is 12.6 Å². The number of hydrogen-bond donors (Lipinski definition) is 2. The number of hydrogen-bond acceptors (Lipinski definition) is 4. The molecule has 0 saturated heterocycles. The summed E-state index contributed by atoms with van der Waals surface area (Å²) in [6, 6.07) is 0. The SMILES string of the molecule is C/C(=N\OCc1c(F)c(F)c(F)c(F)c1F)C(=O)NCCS. The summed E-state index contributed by atoms with van der Waals surface area (Å²) in [6.07, 6.45) is 0. The van der Waals surface area contributed by atoms with Crippen LogP contribution in [0.15, 0.2) is 5.16 Å². The Kier molecular flexibility index (Phi) is 6.60. The topological polar surface area (TPSA) is 50.7 Å². The maximum Gasteiger partial charge on any atom is 0.268 e. The van der Waals surface area contributed by atoms with Crippen molar-refractivity contribution < 1.29 is 31.6 Å². The third kappa shape index (κ3) is 4.09. The molecule has 1 rings (SSSR count). The molecule has 0 fully saturated rings. The lowest BCUT2D eigenvalue weighted by molar-refractivity contribution is -0.114. The molecule has 1 N–H and O–H groups in total. The van der Waals surface area contributed by atoms with Crippen LogP contribution in [0.2, 0.25) is 0 Å². The molecule has 22 heavy (non-hydrogen) atoms. The Morgan fingerprint density at radius 1 is 1.09 bits per heavy atom. The number of nitrogens with zero attached hydrogens (tertiary/aromatic N) is 1. The molecular formula is C12H11F5N2O2S. The molecule has 0 aromatic heterocycles. The number of halogens is 5. The molecule has 0 saturated carbocycles. The van der Waals surface area contributed by atoms with Crippen LogP contribution in [0, 0.1) is 29.1 Å². The van der Waals surface area contributed by atoms with Crippen molar-refractivity contribution >= 4 is 24.2 Å². The largest absolute Gasteiger partial charge is 0.390 e. The summed E-state index contributed by atoms with van der Waals surface area (Å²) >= 11 is 3.86. The van der Waals surface area contributed by atoms with E-state index in [0.717, 1.165) is 0 Å². The van der Waals surface area contributed by atoms with Crippen LogP contribution in [0.5, 0.6) is 0 Å². The molecule has 4 nitrogen and oxygen atoms in total. The summed E-state index contributed by atoms with van der Waals surface area (Å²) in [4.78, 5) is 15.8. The highest BCUT2D eigenvalue weighted by molar-refractivity contribution is 7.80. The Morgan fingerprint density at radius 2 is 1.59 bits per heavy atom. The minimum atomic E-state index is -2.26. The van der Waals surface area contributed by atoms with Gasteiger partial charge in [0, 0.05) is 12.3 Å². The number of carbonyl (C=O) groups excluding carboxylic acids is 1. The summed E-state index contributed by atoms with van der Waals surface area (Å²) in [7, 11) is 0. The molecule has 1 amide bonds. The first-order valence-corrected chi connectivity index (χ1v) is 6.50. The maximum absolute atomic E-state index is 13.3. The Labute approximate surface area is 127 Å². The fraction of sp³-hybridized carbons (Fsp3) is 0.333. The first-order chi connectivity index (χ1) is 10.3. The van der Waals surface area contributed by atoms with Gasteiger partial charge >= 0.3 is 0 Å². The summed E-state index contributed by atoms with van der Waals surface area (Å²) in [5.74, 6) is -10.7. The van der Waals surface area contributed by atoms with Crippen LogP contribution in [0.1, 0.15) is 12.5 Å². The van der Waals surface area contributed by atoms with E-state index in [1.807, 2.05) is 0 Å². The second-order valence-electron chi connectivity index (χ2n) is 3.98. The molecule has 0 aliphatic carbocycles. The van der Waals surface area contributed by atoms with Crippen LogP contribution in [-0.2, 0) is 16.2 Å². The summed E-state index contributed by atoms with van der Waals surface area (Å²) in [5.41, 5.74) is -1.37. The van der Waals surface area contributed by atoms with Crippen molar-refractivity contribution in [2.24, 2.45) is 5.16 Å². The van der Waals surface area contributed by atoms with Gasteiger partial charge in [0.2, 0.25) is 5.82 Å². The van der Waals surface area contributed by atoms with E-state index in [1.54, 1.807) is 0 Å². The van der Waals surface area contributed by atoms with Crippen LogP contribution in [0.4, 0.5) is 22.0 Å². The van der Waals surface area contributed by atoms with Gasteiger partial charge in [-0.05, 0) is 6.92 Å². The second-order valence-corrected chi connectivity index (χ2v) is 4.43. The van der Waals surface area contributed by atoms with Gasteiger partial charge in [-0.1, -0.05) is 5.16 Å². The predicted octanol–water partition coefficient (Wildman–Crippen LogP) is 2.32. The average Bonchev–Trinajstić information content (AvgIpc) is 2.51. The Morgan fingerprint density at radius 3 is 2.09 bits per heavy atom. The van der Waals surface area contributed by atoms with Crippen LogP contribution in [-0.4, -0.2) is 23.9 Å². The van der Waals surface area contributed by atoms with Crippen molar-refractivity contribution in [3.63, 3.8) is 0 Å². The van der Waals surface area contributed by atoms with E-state index in [-0.39, 0.29) is 12.3 Å². The van der Waals surface area contributed by atoms with Gasteiger partial charge in [0.1, 0.15) is 12.3 Å². The highest BCUT2D eigenvalue weighted by Crippen LogP contribution is 2.23. The number of oxime groups is 1. The molecule has 0 aliphatic rings. The van der Waals surface area contributed by atoms with Gasteiger partial charge in [0.15, 0.2) is 23.3 Å². The van der Waals surface area contributed by atoms with E-state index in [1.165, 1.54) is 6.92 Å². The molecule has 1 aromatic carbocycles. The third-order valence-corrected chi connectivity index (χ3v) is 2.66. The molecule has 122 valence electrons. The van der Waals surface area contributed by atoms with Gasteiger partial charge in [-0.25, -0.2) is 22.0 Å². The van der Waals surface area contributed by atoms with E-state index in [4.69, 9.17) is 0 Å². The molecule has 1 aromatic rings. The Bertz CT molecular complexity index is 581. The average molecular weight is 342 g/mol. The maximum atomic E-state index is 13.3. The van der Waals surface area contributed by atoms with E-state index in [0.29, 0.717) is 5.75 Å². The predicted molar refractivity (Wildman–Crippen MR) is 71.0 cm³/mol. The number of benzene rings is 1. The highest BCUT2D eigenvalue weighted by Gasteiger charge is 2.25. The standard InChI is InChI=1S/C12H11F5N2O2S/c1-5(12(20)18-2-3-22)19-21-4-6-7(13)9(15)11(17)10(16)8(6)14/h22H,2-4H2,1H3,(H,18,20)/b19-5+. The molecule has 0 spiro atoms. The molecule has 0 heterocycles. The minimum Gasteiger partial charge on any atom is -0.390 e. The van der Waals surface area contributed by atoms with E-state index in [9.17, 15) is 26.7 Å². The monoisotopic (exact) mass is 342 g/mol. The Hall–Kier alpha value is -1.84. The second kappa shape index (κ2) is 7.97. The van der Waals surface area contributed by atoms with Crippen molar-refractivity contribution in [1.82, 2.24) is 5.32 Å². The van der Waals surface area contributed by atoms with Gasteiger partial charge in [0.05, 0.1) is 5.56 Å². The number of rotatable bonds is 6. The summed E-state index contributed by atoms with van der Waals surface area (Å²) in [6.45, 7) is 0.474. The highest BCUT2D eigenvalue weighted by atomic mass is 32.1. The lowest BCUT2D eigenvalue weighted by Gasteiger charge is -2.07. The number of nitrogens with one attached hydrogen (secondary N) is 1. The van der Waals surface area contributed by atoms with Gasteiger partial charge in [0.25, 0.3) is 5.91 Å². The van der Waals surface area contributed by atoms with Crippen molar-refractivity contribution in [2.45, 2.75) is 13.5 Å². The zero-order valence-electron chi connectivity index (χ0n) is 11.2. The smallest absolute Gasteiger partial charge is 0.268 e. The van der Waals surface area contributed by atoms with Crippen LogP contribution in [0.3, 0.4) is 0 Å². The lowest BCUT2D eigenvalue weighted by atomic mass is 10.2. The van der Waals surface area contributed by atoms with Gasteiger partial charge in [-0.3, -0.25) is 4.79 Å². The normalized spacial score (nSPS) is 11.5. The summed E-state index contributed by atoms with van der Waals surface area (Å²) < 4.78 is 65.3. The first-order valence-electron chi connectivity index (χ1n) is 5.87. The van der Waals surface area contributed by atoms with Gasteiger partial charge in [-0.15, -0.1) is 0 Å². The van der Waals surface area contributed by atoms with Crippen molar-refractivity contribution in [3.8, 4) is 0 Å². The molecule has 0 radical (unpaired) electrons. The molecule has 0 atom stereocenters. The fourth-order valence-corrected chi connectivity index (χ4v) is 1.42. The van der Waals surface area contributed by atoms with E-state index >= 15 is 0 Å². The zero-order valence-corrected chi connectivity index (χ0v) is 12.1. The molecule has 0 unspecified atom stereocenters. The zero-order chi connectivity index (χ0) is 16.9. The lowest BCUT2D eigenvalue weighted by Crippen LogP contribution is -2.31. The number of carbonyl (C=O) groups is 1. The molecule has 10 heteroatoms. The molecular weight excluding hydrogens is 331 g/mol. The third-order valence-electron chi connectivity index (χ3n) is 2.44. The Balaban J connectivity index is 2.83. The first kappa shape index (κ1) is 18.2. The van der Waals surface area contributed by atoms with Crippen LogP contribution < -0.4 is 5.32 Å². The number of amides is 1. The van der Waals surface area contributed by atoms with Gasteiger partial charge < -0.3 is 10.2 Å². The minimum absolute atomic E-state index is 0.189. The van der Waals surface area contributed by atoms with E-state index < -0.39 is 47.2 Å². The van der Waals surface area contributed by atoms with Crippen molar-refractivity contribution in [1.29, 1.82) is 0 Å². The van der Waals surface area contributed by atoms with E-state index in [2.05, 4.69) is 27.9 Å². The van der Waals surface area contributed by atoms with Crippen LogP contribution in [0.25, 0.3) is 0 Å². The van der Waals surface area contributed by atoms with Crippen molar-refractivity contribution in [2.75, 3.05) is 12.3 Å². The fourth-order valence-electron chi connectivity index (χ4n) is 1.31. The molecule has 0 bridgehead atoms. The molecule has 0 aliphatic heterocycles. The van der Waals surface area contributed by atoms with Crippen molar-refractivity contribution in [3.05, 3.63) is 34.6 Å². The summed E-state index contributed by atoms with van der Waals surface area (Å²) in [5, 5.41) is 5.63. The quantitative estimate of drug-likeness (QED) is 0.208.